The van der Waals surface area contributed by atoms with Crippen LogP contribution in [0.3, 0.4) is 0 Å². The van der Waals surface area contributed by atoms with Gasteiger partial charge in [-0.1, -0.05) is 11.8 Å². The van der Waals surface area contributed by atoms with E-state index in [1.807, 2.05) is 6.07 Å². The highest BCUT2D eigenvalue weighted by molar-refractivity contribution is 8.01. The van der Waals surface area contributed by atoms with Crippen LogP contribution >= 0.6 is 11.8 Å². The third-order valence-electron chi connectivity index (χ3n) is 1.99. The first-order valence-electron chi connectivity index (χ1n) is 4.67. The van der Waals surface area contributed by atoms with Crippen LogP contribution in [0.5, 0.6) is 0 Å². The maximum Gasteiger partial charge on any atom is 0.319 e. The summed E-state index contributed by atoms with van der Waals surface area (Å²) in [5, 5.41) is 18.4. The van der Waals surface area contributed by atoms with Crippen molar-refractivity contribution in [2.75, 3.05) is 0 Å². The van der Waals surface area contributed by atoms with Crippen molar-refractivity contribution in [3.63, 3.8) is 0 Å². The monoisotopic (exact) mass is 236 g/mol. The van der Waals surface area contributed by atoms with Crippen LogP contribution in [0.2, 0.25) is 0 Å². The van der Waals surface area contributed by atoms with Gasteiger partial charge in [0, 0.05) is 5.69 Å². The van der Waals surface area contributed by atoms with E-state index in [4.69, 9.17) is 10.4 Å². The number of carboxylic acid groups (broad SMARTS) is 1. The molecule has 0 fully saturated rings. The van der Waals surface area contributed by atoms with Gasteiger partial charge < -0.3 is 5.11 Å². The summed E-state index contributed by atoms with van der Waals surface area (Å²) in [5.41, 5.74) is 1.17. The summed E-state index contributed by atoms with van der Waals surface area (Å²) in [5.74, 6) is -0.926. The van der Waals surface area contributed by atoms with Gasteiger partial charge >= 0.3 is 5.97 Å². The molecule has 0 saturated carbocycles. The van der Waals surface area contributed by atoms with Crippen LogP contribution in [0.15, 0.2) is 17.2 Å². The number of nitrogens with zero attached hydrogens (tertiary/aromatic N) is 2. The van der Waals surface area contributed by atoms with Crippen molar-refractivity contribution < 1.29 is 9.90 Å². The van der Waals surface area contributed by atoms with Crippen LogP contribution in [0.25, 0.3) is 0 Å². The number of carboxylic acids is 1. The number of aromatic nitrogens is 1. The van der Waals surface area contributed by atoms with E-state index in [2.05, 4.69) is 4.98 Å². The Morgan fingerprint density at radius 3 is 2.69 bits per heavy atom. The van der Waals surface area contributed by atoms with Gasteiger partial charge in [0.05, 0.1) is 5.56 Å². The van der Waals surface area contributed by atoms with E-state index < -0.39 is 10.7 Å². The highest BCUT2D eigenvalue weighted by Crippen LogP contribution is 2.33. The SMILES string of the molecule is Cc1ccc(C#N)c(SC(C)(C)C(=O)O)n1. The number of hydrogen-bond acceptors (Lipinski definition) is 4. The van der Waals surface area contributed by atoms with E-state index in [9.17, 15) is 4.79 Å². The predicted octanol–water partition coefficient (Wildman–Crippen LogP) is 2.22. The lowest BCUT2D eigenvalue weighted by atomic mass is 10.2. The summed E-state index contributed by atoms with van der Waals surface area (Å²) >= 11 is 1.09. The minimum Gasteiger partial charge on any atom is -0.480 e. The second-order valence-corrected chi connectivity index (χ2v) is 5.45. The average Bonchev–Trinajstić information content (AvgIpc) is 2.17. The van der Waals surface area contributed by atoms with E-state index >= 15 is 0 Å². The summed E-state index contributed by atoms with van der Waals surface area (Å²) < 4.78 is -0.994. The van der Waals surface area contributed by atoms with E-state index in [0.29, 0.717) is 10.6 Å². The number of carbonyl (C=O) groups is 1. The van der Waals surface area contributed by atoms with Crippen molar-refractivity contribution in [3.05, 3.63) is 23.4 Å². The highest BCUT2D eigenvalue weighted by Gasteiger charge is 2.30. The molecular weight excluding hydrogens is 224 g/mol. The van der Waals surface area contributed by atoms with Gasteiger partial charge in [0.2, 0.25) is 0 Å². The number of nitriles is 1. The molecule has 1 N–H and O–H groups in total. The lowest BCUT2D eigenvalue weighted by molar-refractivity contribution is -0.138. The molecule has 1 rings (SSSR count). The molecule has 1 aromatic rings. The first-order valence-corrected chi connectivity index (χ1v) is 5.48. The van der Waals surface area contributed by atoms with Gasteiger partial charge in [-0.3, -0.25) is 4.79 Å². The summed E-state index contributed by atoms with van der Waals surface area (Å²) in [6, 6.07) is 5.40. The van der Waals surface area contributed by atoms with Crippen molar-refractivity contribution >= 4 is 17.7 Å². The molecule has 0 aromatic carbocycles. The Bertz CT molecular complexity index is 464. The smallest absolute Gasteiger partial charge is 0.319 e. The van der Waals surface area contributed by atoms with Crippen LogP contribution in [0, 0.1) is 18.3 Å². The van der Waals surface area contributed by atoms with Crippen LogP contribution in [0.4, 0.5) is 0 Å². The molecule has 0 radical (unpaired) electrons. The fourth-order valence-electron chi connectivity index (χ4n) is 0.981. The number of aliphatic carboxylic acids is 1. The molecule has 84 valence electrons. The van der Waals surface area contributed by atoms with Crippen molar-refractivity contribution in [1.29, 1.82) is 5.26 Å². The third-order valence-corrected chi connectivity index (χ3v) is 3.18. The summed E-state index contributed by atoms with van der Waals surface area (Å²) in [6.07, 6.45) is 0. The number of hydrogen-bond donors (Lipinski definition) is 1. The van der Waals surface area contributed by atoms with Crippen LogP contribution in [0.1, 0.15) is 25.1 Å². The van der Waals surface area contributed by atoms with Crippen molar-refractivity contribution in [2.45, 2.75) is 30.5 Å². The molecule has 0 atom stereocenters. The molecule has 1 heterocycles. The first kappa shape index (κ1) is 12.5. The first-order chi connectivity index (χ1) is 7.36. The Labute approximate surface area is 98.3 Å². The van der Waals surface area contributed by atoms with E-state index in [-0.39, 0.29) is 0 Å². The number of aryl methyl sites for hydroxylation is 1. The van der Waals surface area contributed by atoms with Gasteiger partial charge in [0.1, 0.15) is 15.8 Å². The van der Waals surface area contributed by atoms with E-state index in [1.54, 1.807) is 32.9 Å². The lowest BCUT2D eigenvalue weighted by Gasteiger charge is -2.18. The largest absolute Gasteiger partial charge is 0.480 e. The predicted molar refractivity (Wildman–Crippen MR) is 61.3 cm³/mol. The zero-order valence-corrected chi connectivity index (χ0v) is 10.1. The minimum absolute atomic E-state index is 0.407. The maximum absolute atomic E-state index is 11.0. The van der Waals surface area contributed by atoms with Crippen LogP contribution < -0.4 is 0 Å². The lowest BCUT2D eigenvalue weighted by Crippen LogP contribution is -2.27. The van der Waals surface area contributed by atoms with Gasteiger partial charge in [-0.15, -0.1) is 0 Å². The minimum atomic E-state index is -0.994. The number of thioether (sulfide) groups is 1. The number of rotatable bonds is 3. The average molecular weight is 236 g/mol. The molecule has 0 aliphatic carbocycles. The molecule has 5 heteroatoms. The Morgan fingerprint density at radius 1 is 1.56 bits per heavy atom. The normalized spacial score (nSPS) is 10.9. The molecule has 0 amide bonds. The maximum atomic E-state index is 11.0. The van der Waals surface area contributed by atoms with Gasteiger partial charge in [0.25, 0.3) is 0 Å². The van der Waals surface area contributed by atoms with Crippen molar-refractivity contribution in [3.8, 4) is 6.07 Å². The van der Waals surface area contributed by atoms with E-state index in [1.165, 1.54) is 0 Å². The summed E-state index contributed by atoms with van der Waals surface area (Å²) in [7, 11) is 0. The van der Waals surface area contributed by atoms with Gasteiger partial charge in [-0.25, -0.2) is 4.98 Å². The Kier molecular flexibility index (Phi) is 3.55. The molecule has 0 bridgehead atoms. The molecule has 0 aliphatic rings. The molecule has 0 spiro atoms. The van der Waals surface area contributed by atoms with Gasteiger partial charge in [0.15, 0.2) is 0 Å². The Balaban J connectivity index is 3.10. The summed E-state index contributed by atoms with van der Waals surface area (Å²) in [4.78, 5) is 15.2. The van der Waals surface area contributed by atoms with Crippen molar-refractivity contribution in [2.24, 2.45) is 0 Å². The summed E-state index contributed by atoms with van der Waals surface area (Å²) in [6.45, 7) is 4.98. The van der Waals surface area contributed by atoms with Gasteiger partial charge in [-0.2, -0.15) is 5.26 Å². The third kappa shape index (κ3) is 2.74. The quantitative estimate of drug-likeness (QED) is 0.814. The second kappa shape index (κ2) is 4.54. The molecular formula is C11H12N2O2S. The zero-order valence-electron chi connectivity index (χ0n) is 9.31. The second-order valence-electron chi connectivity index (χ2n) is 3.83. The number of pyridine rings is 1. The Morgan fingerprint density at radius 2 is 2.19 bits per heavy atom. The molecule has 16 heavy (non-hydrogen) atoms. The standard InChI is InChI=1S/C11H12N2O2S/c1-7-4-5-8(6-12)9(13-7)16-11(2,3)10(14)15/h4-5H,1-3H3,(H,14,15). The fourth-order valence-corrected chi connectivity index (χ4v) is 1.97. The van der Waals surface area contributed by atoms with Crippen LogP contribution in [-0.2, 0) is 4.79 Å². The molecule has 1 aromatic heterocycles. The molecule has 4 nitrogen and oxygen atoms in total. The molecule has 0 unspecified atom stereocenters. The Hall–Kier alpha value is -1.54. The topological polar surface area (TPSA) is 74.0 Å². The molecule has 0 aliphatic heterocycles. The molecule has 0 saturated heterocycles. The zero-order chi connectivity index (χ0) is 12.3. The highest BCUT2D eigenvalue weighted by atomic mass is 32.2. The van der Waals surface area contributed by atoms with Crippen molar-refractivity contribution in [1.82, 2.24) is 4.98 Å². The fraction of sp³-hybridized carbons (Fsp3) is 0.364. The van der Waals surface area contributed by atoms with Gasteiger partial charge in [-0.05, 0) is 32.9 Å². The van der Waals surface area contributed by atoms with Crippen LogP contribution in [-0.4, -0.2) is 20.8 Å². The van der Waals surface area contributed by atoms with E-state index in [0.717, 1.165) is 17.5 Å².